The largest absolute Gasteiger partial charge is 0.354 e. The number of likely N-dealkylation sites (N-methyl/N-ethyl adjacent to an activating group) is 1. The lowest BCUT2D eigenvalue weighted by Crippen LogP contribution is -2.45. The van der Waals surface area contributed by atoms with Crippen molar-refractivity contribution < 1.29 is 0 Å². The van der Waals surface area contributed by atoms with Crippen molar-refractivity contribution in [3.8, 4) is 5.69 Å². The van der Waals surface area contributed by atoms with E-state index in [1.807, 2.05) is 0 Å². The molecule has 1 aliphatic rings. The monoisotopic (exact) mass is 437 g/mol. The van der Waals surface area contributed by atoms with Crippen LogP contribution in [0.1, 0.15) is 36.2 Å². The molecule has 0 saturated carbocycles. The summed E-state index contributed by atoms with van der Waals surface area (Å²) in [7, 11) is 2.22. The summed E-state index contributed by atoms with van der Waals surface area (Å²) in [5, 5.41) is 9.59. The fourth-order valence-electron chi connectivity index (χ4n) is 4.36. The fourth-order valence-corrected chi connectivity index (χ4v) is 5.02. The van der Waals surface area contributed by atoms with E-state index in [4.69, 9.17) is 5.10 Å². The molecule has 1 saturated heterocycles. The standard InChI is InChI=1S/C25H35N5S/c1-5-24-23(18-28(6-2)17-21-10-15-31-19-21)25(29-13-11-27(4)12-14-29)30(26-24)22-9-7-8-20(3)16-22/h7-10,15-16,19H,5-6,11-14,17-18H2,1-4H3. The van der Waals surface area contributed by atoms with Gasteiger partial charge in [0.2, 0.25) is 0 Å². The van der Waals surface area contributed by atoms with E-state index in [1.165, 1.54) is 28.2 Å². The first-order chi connectivity index (χ1) is 15.1. The minimum absolute atomic E-state index is 0.934. The minimum atomic E-state index is 0.934. The molecule has 6 heteroatoms. The minimum Gasteiger partial charge on any atom is -0.354 e. The molecule has 4 rings (SSSR count). The lowest BCUT2D eigenvalue weighted by molar-refractivity contribution is 0.270. The number of aromatic nitrogens is 2. The third kappa shape index (κ3) is 5.03. The normalized spacial score (nSPS) is 15.2. The van der Waals surface area contributed by atoms with Gasteiger partial charge in [0, 0.05) is 44.8 Å². The molecule has 0 radical (unpaired) electrons. The van der Waals surface area contributed by atoms with E-state index >= 15 is 0 Å². The van der Waals surface area contributed by atoms with Gasteiger partial charge in [-0.15, -0.1) is 0 Å². The molecule has 1 aromatic carbocycles. The van der Waals surface area contributed by atoms with Gasteiger partial charge in [-0.3, -0.25) is 4.90 Å². The zero-order valence-electron chi connectivity index (χ0n) is 19.3. The van der Waals surface area contributed by atoms with Crippen LogP contribution in [-0.2, 0) is 19.5 Å². The van der Waals surface area contributed by atoms with Crippen molar-refractivity contribution in [3.63, 3.8) is 0 Å². The highest BCUT2D eigenvalue weighted by atomic mass is 32.1. The van der Waals surface area contributed by atoms with E-state index < -0.39 is 0 Å². The van der Waals surface area contributed by atoms with Crippen LogP contribution in [0.2, 0.25) is 0 Å². The zero-order valence-corrected chi connectivity index (χ0v) is 20.2. The molecule has 0 bridgehead atoms. The topological polar surface area (TPSA) is 27.5 Å². The first kappa shape index (κ1) is 22.1. The van der Waals surface area contributed by atoms with E-state index in [0.29, 0.717) is 0 Å². The number of thiophene rings is 1. The van der Waals surface area contributed by atoms with E-state index in [1.54, 1.807) is 11.3 Å². The Balaban J connectivity index is 1.75. The second-order valence-electron chi connectivity index (χ2n) is 8.58. The summed E-state index contributed by atoms with van der Waals surface area (Å²) in [6, 6.07) is 11.0. The molecule has 0 atom stereocenters. The van der Waals surface area contributed by atoms with Crippen LogP contribution in [0.4, 0.5) is 5.82 Å². The lowest BCUT2D eigenvalue weighted by Gasteiger charge is -2.35. The summed E-state index contributed by atoms with van der Waals surface area (Å²) < 4.78 is 2.21. The highest BCUT2D eigenvalue weighted by molar-refractivity contribution is 7.07. The molecule has 3 heterocycles. The Kier molecular flexibility index (Phi) is 7.10. The highest BCUT2D eigenvalue weighted by Gasteiger charge is 2.26. The quantitative estimate of drug-likeness (QED) is 0.516. The summed E-state index contributed by atoms with van der Waals surface area (Å²) in [5.41, 5.74) is 6.45. The van der Waals surface area contributed by atoms with Crippen molar-refractivity contribution in [2.24, 2.45) is 0 Å². The smallest absolute Gasteiger partial charge is 0.137 e. The summed E-state index contributed by atoms with van der Waals surface area (Å²) >= 11 is 1.78. The molecule has 0 amide bonds. The fraction of sp³-hybridized carbons (Fsp3) is 0.480. The second-order valence-corrected chi connectivity index (χ2v) is 9.36. The maximum atomic E-state index is 5.16. The molecule has 0 unspecified atom stereocenters. The molecule has 1 aliphatic heterocycles. The third-order valence-electron chi connectivity index (χ3n) is 6.24. The van der Waals surface area contributed by atoms with Gasteiger partial charge >= 0.3 is 0 Å². The van der Waals surface area contributed by atoms with E-state index in [0.717, 1.165) is 57.9 Å². The van der Waals surface area contributed by atoms with Gasteiger partial charge in [-0.25, -0.2) is 4.68 Å². The summed E-state index contributed by atoms with van der Waals surface area (Å²) in [4.78, 5) is 7.51. The van der Waals surface area contributed by atoms with Gasteiger partial charge in [0.05, 0.1) is 11.4 Å². The maximum absolute atomic E-state index is 5.16. The number of hydrogen-bond acceptors (Lipinski definition) is 5. The van der Waals surface area contributed by atoms with Crippen LogP contribution in [0.15, 0.2) is 41.1 Å². The van der Waals surface area contributed by atoms with E-state index in [9.17, 15) is 0 Å². The average Bonchev–Trinajstić information content (AvgIpc) is 3.41. The number of nitrogens with zero attached hydrogens (tertiary/aromatic N) is 5. The van der Waals surface area contributed by atoms with E-state index in [-0.39, 0.29) is 0 Å². The molecule has 31 heavy (non-hydrogen) atoms. The Morgan fingerprint density at radius 3 is 2.52 bits per heavy atom. The van der Waals surface area contributed by atoms with Crippen molar-refractivity contribution in [1.82, 2.24) is 19.6 Å². The van der Waals surface area contributed by atoms with Crippen molar-refractivity contribution in [3.05, 3.63) is 63.5 Å². The van der Waals surface area contributed by atoms with Gasteiger partial charge in [-0.2, -0.15) is 16.4 Å². The first-order valence-electron chi connectivity index (χ1n) is 11.4. The maximum Gasteiger partial charge on any atom is 0.137 e. The Morgan fingerprint density at radius 1 is 1.06 bits per heavy atom. The van der Waals surface area contributed by atoms with Crippen LogP contribution in [0.5, 0.6) is 0 Å². The van der Waals surface area contributed by atoms with Crippen LogP contribution in [-0.4, -0.2) is 59.4 Å². The van der Waals surface area contributed by atoms with Crippen molar-refractivity contribution in [2.45, 2.75) is 40.3 Å². The first-order valence-corrected chi connectivity index (χ1v) is 12.4. The molecule has 1 fully saturated rings. The summed E-state index contributed by atoms with van der Waals surface area (Å²) in [6.45, 7) is 13.9. The van der Waals surface area contributed by atoms with E-state index in [2.05, 4.69) is 88.3 Å². The SMILES string of the molecule is CCc1nn(-c2cccc(C)c2)c(N2CCN(C)CC2)c1CN(CC)Cc1ccsc1. The Hall–Kier alpha value is -2.15. The van der Waals surface area contributed by atoms with Crippen LogP contribution < -0.4 is 4.90 Å². The van der Waals surface area contributed by atoms with Gasteiger partial charge in [0.1, 0.15) is 5.82 Å². The Labute approximate surface area is 190 Å². The molecule has 0 N–H and O–H groups in total. The average molecular weight is 438 g/mol. The van der Waals surface area contributed by atoms with Gasteiger partial charge < -0.3 is 9.80 Å². The molecule has 3 aromatic rings. The molecule has 166 valence electrons. The predicted molar refractivity (Wildman–Crippen MR) is 131 cm³/mol. The van der Waals surface area contributed by atoms with Crippen LogP contribution in [0.3, 0.4) is 0 Å². The Morgan fingerprint density at radius 2 is 1.87 bits per heavy atom. The zero-order chi connectivity index (χ0) is 21.8. The molecule has 5 nitrogen and oxygen atoms in total. The molecular formula is C25H35N5S. The highest BCUT2D eigenvalue weighted by Crippen LogP contribution is 2.31. The Bertz CT molecular complexity index is 970. The van der Waals surface area contributed by atoms with Gasteiger partial charge in [0.15, 0.2) is 0 Å². The van der Waals surface area contributed by atoms with Crippen LogP contribution in [0, 0.1) is 6.92 Å². The molecular weight excluding hydrogens is 402 g/mol. The number of anilines is 1. The van der Waals surface area contributed by atoms with Crippen molar-refractivity contribution in [2.75, 3.05) is 44.7 Å². The molecule has 0 aliphatic carbocycles. The van der Waals surface area contributed by atoms with Crippen LogP contribution >= 0.6 is 11.3 Å². The second kappa shape index (κ2) is 9.98. The number of benzene rings is 1. The number of piperazine rings is 1. The number of aryl methyl sites for hydroxylation is 2. The third-order valence-corrected chi connectivity index (χ3v) is 6.97. The summed E-state index contributed by atoms with van der Waals surface area (Å²) in [5.74, 6) is 1.29. The molecule has 0 spiro atoms. The van der Waals surface area contributed by atoms with Gasteiger partial charge in [-0.1, -0.05) is 26.0 Å². The summed E-state index contributed by atoms with van der Waals surface area (Å²) in [6.07, 6.45) is 0.949. The molecule has 2 aromatic heterocycles. The number of hydrogen-bond donors (Lipinski definition) is 0. The number of rotatable bonds is 8. The van der Waals surface area contributed by atoms with Crippen molar-refractivity contribution in [1.29, 1.82) is 0 Å². The van der Waals surface area contributed by atoms with Gasteiger partial charge in [0.25, 0.3) is 0 Å². The van der Waals surface area contributed by atoms with Crippen molar-refractivity contribution >= 4 is 17.2 Å². The van der Waals surface area contributed by atoms with Gasteiger partial charge in [-0.05, 0) is 67.0 Å². The lowest BCUT2D eigenvalue weighted by atomic mass is 10.1. The van der Waals surface area contributed by atoms with Crippen LogP contribution in [0.25, 0.3) is 5.69 Å². The predicted octanol–water partition coefficient (Wildman–Crippen LogP) is 4.58.